The molecule has 0 atom stereocenters. The SMILES string of the molecule is COc1ccc(C2CCC(CN(C(=O)C3CCC(C(C)(C)OC(N)=O)CC3)c3cc(-c4coc(C5CC5)n4)ccn3)CC2)nc1C. The van der Waals surface area contributed by atoms with Crippen LogP contribution >= 0.6 is 0 Å². The Morgan fingerprint density at radius 1 is 0.978 bits per heavy atom. The number of nitrogens with two attached hydrogens (primary N) is 1. The number of rotatable bonds is 10. The zero-order valence-corrected chi connectivity index (χ0v) is 27.5. The Bertz CT molecular complexity index is 1530. The lowest BCUT2D eigenvalue weighted by atomic mass is 9.74. The van der Waals surface area contributed by atoms with Gasteiger partial charge in [-0.1, -0.05) is 0 Å². The average molecular weight is 630 g/mol. The molecule has 3 saturated carbocycles. The fourth-order valence-corrected chi connectivity index (χ4v) is 7.47. The number of nitrogens with zero attached hydrogens (tertiary/aromatic N) is 4. The van der Waals surface area contributed by atoms with E-state index in [0.717, 1.165) is 98.5 Å². The number of pyridine rings is 2. The maximum atomic E-state index is 14.4. The predicted octanol–water partition coefficient (Wildman–Crippen LogP) is 7.31. The molecule has 3 heterocycles. The van der Waals surface area contributed by atoms with Crippen LogP contribution in [0.1, 0.15) is 107 Å². The van der Waals surface area contributed by atoms with E-state index in [1.807, 2.05) is 43.9 Å². The summed E-state index contributed by atoms with van der Waals surface area (Å²) in [6, 6.07) is 8.02. The van der Waals surface area contributed by atoms with E-state index in [4.69, 9.17) is 34.6 Å². The van der Waals surface area contributed by atoms with Crippen molar-refractivity contribution in [2.75, 3.05) is 18.6 Å². The van der Waals surface area contributed by atoms with Crippen molar-refractivity contribution in [1.82, 2.24) is 15.0 Å². The summed E-state index contributed by atoms with van der Waals surface area (Å²) < 4.78 is 16.6. The molecule has 3 aromatic rings. The molecule has 0 aliphatic heterocycles. The van der Waals surface area contributed by atoms with E-state index in [1.165, 1.54) is 0 Å². The topological polar surface area (TPSA) is 134 Å². The van der Waals surface area contributed by atoms with Crippen LogP contribution in [0.25, 0.3) is 11.3 Å². The summed E-state index contributed by atoms with van der Waals surface area (Å²) in [4.78, 5) is 42.1. The number of amides is 2. The number of ether oxygens (including phenoxy) is 2. The third-order valence-corrected chi connectivity index (χ3v) is 10.4. The number of carbonyl (C=O) groups excluding carboxylic acids is 2. The molecule has 0 bridgehead atoms. The highest BCUT2D eigenvalue weighted by atomic mass is 16.6. The van der Waals surface area contributed by atoms with Gasteiger partial charge in [0, 0.05) is 41.8 Å². The van der Waals surface area contributed by atoms with Gasteiger partial charge in [-0.2, -0.15) is 0 Å². The summed E-state index contributed by atoms with van der Waals surface area (Å²) in [7, 11) is 1.68. The van der Waals surface area contributed by atoms with Crippen LogP contribution in [0.15, 0.2) is 41.1 Å². The van der Waals surface area contributed by atoms with Crippen LogP contribution < -0.4 is 15.4 Å². The van der Waals surface area contributed by atoms with Gasteiger partial charge in [0.1, 0.15) is 29.1 Å². The molecular formula is C36H47N5O5. The van der Waals surface area contributed by atoms with Gasteiger partial charge in [-0.15, -0.1) is 0 Å². The normalized spacial score (nSPS) is 23.5. The molecule has 3 fully saturated rings. The van der Waals surface area contributed by atoms with Crippen LogP contribution in [0.2, 0.25) is 0 Å². The Hall–Kier alpha value is -3.95. The smallest absolute Gasteiger partial charge is 0.405 e. The van der Waals surface area contributed by atoms with Crippen molar-refractivity contribution in [1.29, 1.82) is 0 Å². The third kappa shape index (κ3) is 7.21. The van der Waals surface area contributed by atoms with Gasteiger partial charge in [-0.25, -0.2) is 14.8 Å². The molecule has 2 amide bonds. The summed E-state index contributed by atoms with van der Waals surface area (Å²) in [6.45, 7) is 6.43. The lowest BCUT2D eigenvalue weighted by Crippen LogP contribution is -2.44. The van der Waals surface area contributed by atoms with Gasteiger partial charge in [0.05, 0.1) is 12.8 Å². The fraction of sp³-hybridized carbons (Fsp3) is 0.583. The van der Waals surface area contributed by atoms with E-state index in [-0.39, 0.29) is 17.7 Å². The third-order valence-electron chi connectivity index (χ3n) is 10.4. The lowest BCUT2D eigenvalue weighted by molar-refractivity contribution is -0.124. The number of primary amides is 1. The number of hydrogen-bond acceptors (Lipinski definition) is 8. The van der Waals surface area contributed by atoms with Gasteiger partial charge >= 0.3 is 6.09 Å². The second-order valence-corrected chi connectivity index (χ2v) is 14.0. The molecule has 3 aromatic heterocycles. The molecule has 0 radical (unpaired) electrons. The highest BCUT2D eigenvalue weighted by Gasteiger charge is 2.39. The fourth-order valence-electron chi connectivity index (χ4n) is 7.47. The molecule has 10 heteroatoms. The number of hydrogen-bond donors (Lipinski definition) is 1. The second kappa shape index (κ2) is 13.4. The molecule has 0 aromatic carbocycles. The molecule has 3 aliphatic rings. The molecule has 246 valence electrons. The summed E-state index contributed by atoms with van der Waals surface area (Å²) in [5.41, 5.74) is 8.39. The second-order valence-electron chi connectivity index (χ2n) is 14.0. The van der Waals surface area contributed by atoms with Crippen LogP contribution in [0.5, 0.6) is 5.75 Å². The number of carbonyl (C=O) groups is 2. The monoisotopic (exact) mass is 629 g/mol. The van der Waals surface area contributed by atoms with Crippen molar-refractivity contribution >= 4 is 17.8 Å². The molecule has 2 N–H and O–H groups in total. The van der Waals surface area contributed by atoms with E-state index >= 15 is 0 Å². The number of aromatic nitrogens is 3. The average Bonchev–Trinajstić information content (AvgIpc) is 3.79. The van der Waals surface area contributed by atoms with Crippen LogP contribution in [0, 0.1) is 24.7 Å². The lowest BCUT2D eigenvalue weighted by Gasteiger charge is -2.39. The van der Waals surface area contributed by atoms with Crippen molar-refractivity contribution in [3.63, 3.8) is 0 Å². The highest BCUT2D eigenvalue weighted by molar-refractivity contribution is 5.94. The van der Waals surface area contributed by atoms with E-state index < -0.39 is 11.7 Å². The Morgan fingerprint density at radius 3 is 2.35 bits per heavy atom. The molecule has 0 unspecified atom stereocenters. The Balaban J connectivity index is 1.18. The molecular weight excluding hydrogens is 582 g/mol. The van der Waals surface area contributed by atoms with Crippen LogP contribution in [-0.2, 0) is 9.53 Å². The highest BCUT2D eigenvalue weighted by Crippen LogP contribution is 2.42. The molecule has 0 spiro atoms. The largest absolute Gasteiger partial charge is 0.495 e. The van der Waals surface area contributed by atoms with Crippen molar-refractivity contribution in [2.45, 2.75) is 102 Å². The Labute approximate surface area is 271 Å². The van der Waals surface area contributed by atoms with Crippen LogP contribution in [0.3, 0.4) is 0 Å². The first kappa shape index (κ1) is 32.0. The summed E-state index contributed by atoms with van der Waals surface area (Å²) >= 11 is 0. The van der Waals surface area contributed by atoms with Gasteiger partial charge in [0.25, 0.3) is 0 Å². The zero-order chi connectivity index (χ0) is 32.4. The Kier molecular flexibility index (Phi) is 9.34. The first-order chi connectivity index (χ1) is 22.1. The maximum absolute atomic E-state index is 14.4. The van der Waals surface area contributed by atoms with Gasteiger partial charge < -0.3 is 19.6 Å². The van der Waals surface area contributed by atoms with E-state index in [9.17, 15) is 9.59 Å². The van der Waals surface area contributed by atoms with Gasteiger partial charge in [0.15, 0.2) is 5.89 Å². The van der Waals surface area contributed by atoms with Crippen LogP contribution in [-0.4, -0.2) is 46.2 Å². The molecule has 46 heavy (non-hydrogen) atoms. The van der Waals surface area contributed by atoms with Gasteiger partial charge in [-0.05, 0) is 121 Å². The van der Waals surface area contributed by atoms with Crippen molar-refractivity contribution in [3.8, 4) is 17.0 Å². The van der Waals surface area contributed by atoms with E-state index in [0.29, 0.717) is 30.1 Å². The minimum absolute atomic E-state index is 0.116. The maximum Gasteiger partial charge on any atom is 0.405 e. The van der Waals surface area contributed by atoms with Gasteiger partial charge in [-0.3, -0.25) is 14.7 Å². The quantitative estimate of drug-likeness (QED) is 0.247. The van der Waals surface area contributed by atoms with E-state index in [1.54, 1.807) is 19.6 Å². The molecule has 3 aliphatic carbocycles. The van der Waals surface area contributed by atoms with Crippen molar-refractivity contribution < 1.29 is 23.5 Å². The van der Waals surface area contributed by atoms with E-state index in [2.05, 4.69) is 6.07 Å². The standard InChI is InChI=1S/C36H47N5O5/c1-22-31(44-4)16-15-29(39-22)24-7-5-23(6-8-24)20-41(34(42)26-11-13-28(14-12-26)36(2,3)46-35(37)43)32-19-27(17-18-38-32)30-21-45-33(40-30)25-9-10-25/h15-19,21,23-26,28H,5-14,20H2,1-4H3,(H2,37,43). The van der Waals surface area contributed by atoms with Gasteiger partial charge in [0.2, 0.25) is 5.91 Å². The zero-order valence-electron chi connectivity index (χ0n) is 27.5. The summed E-state index contributed by atoms with van der Waals surface area (Å²) in [5, 5.41) is 0. The predicted molar refractivity (Wildman–Crippen MR) is 174 cm³/mol. The minimum atomic E-state index is -0.760. The van der Waals surface area contributed by atoms with Crippen molar-refractivity contribution in [3.05, 3.63) is 54.0 Å². The van der Waals surface area contributed by atoms with Crippen LogP contribution in [0.4, 0.5) is 10.6 Å². The number of oxazole rings is 1. The summed E-state index contributed by atoms with van der Waals surface area (Å²) in [6.07, 6.45) is 12.1. The molecule has 6 rings (SSSR count). The number of aryl methyl sites for hydroxylation is 1. The molecule has 0 saturated heterocycles. The first-order valence-corrected chi connectivity index (χ1v) is 16.8. The Morgan fingerprint density at radius 2 is 1.70 bits per heavy atom. The minimum Gasteiger partial charge on any atom is -0.495 e. The molecule has 10 nitrogen and oxygen atoms in total. The number of methoxy groups -OCH3 is 1. The van der Waals surface area contributed by atoms with Crippen molar-refractivity contribution in [2.24, 2.45) is 23.5 Å². The first-order valence-electron chi connectivity index (χ1n) is 16.8. The summed E-state index contributed by atoms with van der Waals surface area (Å²) in [5.74, 6) is 3.60. The number of anilines is 1.